The summed E-state index contributed by atoms with van der Waals surface area (Å²) in [5.74, 6) is 1.82. The molecule has 0 saturated carbocycles. The van der Waals surface area contributed by atoms with E-state index in [1.807, 2.05) is 0 Å². The number of nitrogens with zero attached hydrogens (tertiary/aromatic N) is 4. The van der Waals surface area contributed by atoms with E-state index < -0.39 is 4.92 Å². The molecule has 1 aliphatic rings. The van der Waals surface area contributed by atoms with Crippen LogP contribution in [0.5, 0.6) is 17.2 Å². The van der Waals surface area contributed by atoms with Crippen molar-refractivity contribution in [1.29, 1.82) is 0 Å². The minimum Gasteiger partial charge on any atom is -0.495 e. The summed E-state index contributed by atoms with van der Waals surface area (Å²) >= 11 is 13.1. The first-order valence-electron chi connectivity index (χ1n) is 12.3. The van der Waals surface area contributed by atoms with Gasteiger partial charge >= 0.3 is 0 Å². The summed E-state index contributed by atoms with van der Waals surface area (Å²) in [7, 11) is 2.96. The second kappa shape index (κ2) is 12.4. The van der Waals surface area contributed by atoms with Crippen molar-refractivity contribution in [3.05, 3.63) is 75.1 Å². The van der Waals surface area contributed by atoms with Crippen molar-refractivity contribution >= 4 is 51.9 Å². The first kappa shape index (κ1) is 28.1. The van der Waals surface area contributed by atoms with E-state index in [1.165, 1.54) is 26.6 Å². The van der Waals surface area contributed by atoms with Crippen LogP contribution < -0.4 is 24.8 Å². The van der Waals surface area contributed by atoms with Gasteiger partial charge in [-0.15, -0.1) is 0 Å². The van der Waals surface area contributed by atoms with Gasteiger partial charge in [-0.2, -0.15) is 0 Å². The molecule has 1 aliphatic heterocycles. The second-order valence-corrected chi connectivity index (χ2v) is 9.52. The molecule has 212 valence electrons. The Morgan fingerprint density at radius 3 is 2.49 bits per heavy atom. The molecule has 1 saturated heterocycles. The van der Waals surface area contributed by atoms with Gasteiger partial charge in [0.15, 0.2) is 0 Å². The maximum atomic E-state index is 11.9. The Morgan fingerprint density at radius 1 is 1.02 bits per heavy atom. The first-order valence-corrected chi connectivity index (χ1v) is 13.1. The van der Waals surface area contributed by atoms with Gasteiger partial charge in [0.25, 0.3) is 5.69 Å². The van der Waals surface area contributed by atoms with E-state index in [0.717, 1.165) is 6.42 Å². The first-order chi connectivity index (χ1) is 19.9. The zero-order valence-corrected chi connectivity index (χ0v) is 23.4. The zero-order valence-electron chi connectivity index (χ0n) is 21.9. The Bertz CT molecular complexity index is 1560. The molecule has 41 heavy (non-hydrogen) atoms. The molecule has 14 heteroatoms. The number of aromatic nitrogens is 3. The lowest BCUT2D eigenvalue weighted by Crippen LogP contribution is -2.15. The van der Waals surface area contributed by atoms with Crippen molar-refractivity contribution in [1.82, 2.24) is 15.0 Å². The van der Waals surface area contributed by atoms with Gasteiger partial charge in [-0.1, -0.05) is 23.2 Å². The third kappa shape index (κ3) is 6.19. The lowest BCUT2D eigenvalue weighted by molar-refractivity contribution is -0.384. The number of hydrogen-bond donors (Lipinski definition) is 2. The number of halogens is 2. The molecule has 3 heterocycles. The summed E-state index contributed by atoms with van der Waals surface area (Å²) in [6.07, 6.45) is 3.53. The van der Waals surface area contributed by atoms with Crippen molar-refractivity contribution < 1.29 is 23.9 Å². The van der Waals surface area contributed by atoms with Crippen molar-refractivity contribution in [2.75, 3.05) is 38.1 Å². The van der Waals surface area contributed by atoms with Crippen LogP contribution in [0.1, 0.15) is 6.42 Å². The quantitative estimate of drug-likeness (QED) is 0.154. The topological polar surface area (TPSA) is 143 Å². The molecule has 4 aromatic rings. The molecule has 2 aromatic heterocycles. The lowest BCUT2D eigenvalue weighted by atomic mass is 10.1. The number of pyridine rings is 1. The lowest BCUT2D eigenvalue weighted by Gasteiger charge is -2.17. The third-order valence-electron chi connectivity index (χ3n) is 6.19. The number of benzene rings is 2. The normalized spacial score (nSPS) is 14.4. The second-order valence-electron chi connectivity index (χ2n) is 8.76. The SMILES string of the molecule is COc1cc(OC)c(Cl)c(Nc2ncccc2-c2cc(Nc3ccc(OC4CCOC4)cc3[N+](=O)[O-])ncn2)c1Cl. The van der Waals surface area contributed by atoms with Crippen LogP contribution in [0.4, 0.5) is 28.7 Å². The minimum atomic E-state index is -0.485. The molecule has 2 aromatic carbocycles. The Kier molecular flexibility index (Phi) is 8.53. The number of nitro benzene ring substituents is 1. The van der Waals surface area contributed by atoms with Crippen LogP contribution in [-0.4, -0.2) is 53.4 Å². The van der Waals surface area contributed by atoms with Crippen LogP contribution in [0.15, 0.2) is 55.0 Å². The molecule has 12 nitrogen and oxygen atoms in total. The van der Waals surface area contributed by atoms with Gasteiger partial charge in [-0.05, 0) is 24.3 Å². The number of ether oxygens (including phenoxy) is 4. The fourth-order valence-electron chi connectivity index (χ4n) is 4.18. The van der Waals surface area contributed by atoms with Gasteiger partial charge in [0.2, 0.25) is 0 Å². The highest BCUT2D eigenvalue weighted by atomic mass is 35.5. The van der Waals surface area contributed by atoms with Crippen LogP contribution in [0.25, 0.3) is 11.3 Å². The third-order valence-corrected chi connectivity index (χ3v) is 6.94. The van der Waals surface area contributed by atoms with Gasteiger partial charge in [0, 0.05) is 30.3 Å². The highest BCUT2D eigenvalue weighted by Crippen LogP contribution is 2.46. The Balaban J connectivity index is 1.44. The average Bonchev–Trinajstić information content (AvgIpc) is 3.49. The Morgan fingerprint density at radius 2 is 1.80 bits per heavy atom. The molecule has 2 N–H and O–H groups in total. The smallest absolute Gasteiger partial charge is 0.296 e. The Labute approximate surface area is 244 Å². The molecule has 5 rings (SSSR count). The van der Waals surface area contributed by atoms with Gasteiger partial charge in [-0.25, -0.2) is 15.0 Å². The van der Waals surface area contributed by atoms with E-state index in [1.54, 1.807) is 42.6 Å². The summed E-state index contributed by atoms with van der Waals surface area (Å²) < 4.78 is 21.8. The number of nitro groups is 1. The predicted octanol–water partition coefficient (Wildman–Crippen LogP) is 6.43. The van der Waals surface area contributed by atoms with Gasteiger partial charge < -0.3 is 29.6 Å². The standard InChI is InChI=1S/C27H24Cl2N6O6/c1-38-21-12-22(39-2)25(29)26(24(21)28)34-27-17(4-3-8-30-27)19-11-23(32-14-31-19)33-18-6-5-15(10-20(18)35(36)37)41-16-7-9-40-13-16/h3-6,8,10-12,14,16H,7,9,13H2,1-2H3,(H,30,34)(H,31,32,33). The van der Waals surface area contributed by atoms with Crippen LogP contribution >= 0.6 is 23.2 Å². The van der Waals surface area contributed by atoms with E-state index in [9.17, 15) is 10.1 Å². The van der Waals surface area contributed by atoms with E-state index in [2.05, 4.69) is 25.6 Å². The van der Waals surface area contributed by atoms with Gasteiger partial charge in [0.05, 0.1) is 49.8 Å². The fourth-order valence-corrected chi connectivity index (χ4v) is 4.77. The van der Waals surface area contributed by atoms with Crippen LogP contribution in [0.3, 0.4) is 0 Å². The number of hydrogen-bond acceptors (Lipinski definition) is 11. The summed E-state index contributed by atoms with van der Waals surface area (Å²) in [5, 5.41) is 18.5. The summed E-state index contributed by atoms with van der Waals surface area (Å²) in [4.78, 5) is 24.4. The molecule has 1 atom stereocenters. The van der Waals surface area contributed by atoms with E-state index in [-0.39, 0.29) is 27.5 Å². The fraction of sp³-hybridized carbons (Fsp3) is 0.222. The molecule has 0 aliphatic carbocycles. The molecule has 1 unspecified atom stereocenters. The number of anilines is 4. The minimum absolute atomic E-state index is 0.136. The van der Waals surface area contributed by atoms with Gasteiger partial charge in [0.1, 0.15) is 57.0 Å². The molecular formula is C27H24Cl2N6O6. The summed E-state index contributed by atoms with van der Waals surface area (Å²) in [6, 6.07) is 11.4. The molecule has 0 bridgehead atoms. The molecule has 1 fully saturated rings. The maximum Gasteiger partial charge on any atom is 0.296 e. The van der Waals surface area contributed by atoms with Crippen LogP contribution in [0, 0.1) is 10.1 Å². The monoisotopic (exact) mass is 598 g/mol. The van der Waals surface area contributed by atoms with E-state index in [4.69, 9.17) is 42.1 Å². The number of rotatable bonds is 10. The van der Waals surface area contributed by atoms with E-state index >= 15 is 0 Å². The average molecular weight is 599 g/mol. The zero-order chi connectivity index (χ0) is 28.9. The largest absolute Gasteiger partial charge is 0.495 e. The molecular weight excluding hydrogens is 575 g/mol. The van der Waals surface area contributed by atoms with Crippen molar-refractivity contribution in [3.8, 4) is 28.5 Å². The van der Waals surface area contributed by atoms with Crippen LogP contribution in [0.2, 0.25) is 10.0 Å². The number of nitrogens with one attached hydrogen (secondary N) is 2. The van der Waals surface area contributed by atoms with Crippen LogP contribution in [-0.2, 0) is 4.74 Å². The van der Waals surface area contributed by atoms with Gasteiger partial charge in [-0.3, -0.25) is 10.1 Å². The number of methoxy groups -OCH3 is 2. The van der Waals surface area contributed by atoms with Crippen molar-refractivity contribution in [2.24, 2.45) is 0 Å². The highest BCUT2D eigenvalue weighted by molar-refractivity contribution is 6.41. The predicted molar refractivity (Wildman–Crippen MR) is 154 cm³/mol. The Hall–Kier alpha value is -4.39. The molecule has 0 spiro atoms. The summed E-state index contributed by atoms with van der Waals surface area (Å²) in [6.45, 7) is 1.05. The van der Waals surface area contributed by atoms with Crippen molar-refractivity contribution in [2.45, 2.75) is 12.5 Å². The van der Waals surface area contributed by atoms with E-state index in [0.29, 0.717) is 59.0 Å². The molecule has 0 radical (unpaired) electrons. The molecule has 0 amide bonds. The van der Waals surface area contributed by atoms with Crippen molar-refractivity contribution in [3.63, 3.8) is 0 Å². The highest BCUT2D eigenvalue weighted by Gasteiger charge is 2.22. The summed E-state index contributed by atoms with van der Waals surface area (Å²) in [5.41, 5.74) is 1.47. The maximum absolute atomic E-state index is 11.9.